The first-order chi connectivity index (χ1) is 5.16. The molecule has 0 rings (SSSR count). The minimum atomic E-state index is -1.23. The SMILES string of the molecule is BC[C@H](O)[C@@](C#C)(CO)OC. The van der Waals surface area contributed by atoms with E-state index in [1.54, 1.807) is 7.85 Å². The summed E-state index contributed by atoms with van der Waals surface area (Å²) >= 11 is 0. The van der Waals surface area contributed by atoms with Crippen LogP contribution in [0.5, 0.6) is 0 Å². The molecule has 2 N–H and O–H groups in total. The summed E-state index contributed by atoms with van der Waals surface area (Å²) < 4.78 is 4.85. The van der Waals surface area contributed by atoms with E-state index in [4.69, 9.17) is 16.3 Å². The van der Waals surface area contributed by atoms with Gasteiger partial charge in [-0.15, -0.1) is 6.42 Å². The van der Waals surface area contributed by atoms with E-state index in [2.05, 4.69) is 5.92 Å². The van der Waals surface area contributed by atoms with Gasteiger partial charge >= 0.3 is 0 Å². The molecular weight excluding hydrogens is 143 g/mol. The molecule has 0 aromatic heterocycles. The third-order valence-electron chi connectivity index (χ3n) is 1.77. The Morgan fingerprint density at radius 2 is 2.36 bits per heavy atom. The first-order valence-electron chi connectivity index (χ1n) is 3.48. The van der Waals surface area contributed by atoms with Gasteiger partial charge in [0.15, 0.2) is 5.60 Å². The number of rotatable bonds is 4. The van der Waals surface area contributed by atoms with Crippen LogP contribution in [-0.4, -0.2) is 43.5 Å². The number of aliphatic hydroxyl groups excluding tert-OH is 2. The van der Waals surface area contributed by atoms with Gasteiger partial charge in [0.1, 0.15) is 7.85 Å². The Kier molecular flexibility index (Phi) is 4.20. The van der Waals surface area contributed by atoms with Crippen LogP contribution >= 0.6 is 0 Å². The first kappa shape index (κ1) is 10.5. The molecule has 0 radical (unpaired) electrons. The van der Waals surface area contributed by atoms with E-state index in [1.165, 1.54) is 7.11 Å². The largest absolute Gasteiger partial charge is 0.392 e. The standard InChI is InChI=1S/C7H13BO3/c1-3-7(5-9,11-2)6(10)4-8/h1,6,9-10H,4-5,8H2,2H3/t6-,7+/m0/s1. The fourth-order valence-corrected chi connectivity index (χ4v) is 0.836. The van der Waals surface area contributed by atoms with E-state index in [9.17, 15) is 5.11 Å². The van der Waals surface area contributed by atoms with Gasteiger partial charge in [0, 0.05) is 7.11 Å². The van der Waals surface area contributed by atoms with Gasteiger partial charge in [-0.05, 0) is 0 Å². The molecule has 0 bridgehead atoms. The van der Waals surface area contributed by atoms with Crippen LogP contribution in [0.2, 0.25) is 6.32 Å². The van der Waals surface area contributed by atoms with Crippen molar-refractivity contribution in [1.82, 2.24) is 0 Å². The monoisotopic (exact) mass is 156 g/mol. The molecule has 0 fully saturated rings. The third kappa shape index (κ3) is 1.97. The fourth-order valence-electron chi connectivity index (χ4n) is 0.836. The lowest BCUT2D eigenvalue weighted by Crippen LogP contribution is -2.46. The summed E-state index contributed by atoms with van der Waals surface area (Å²) in [7, 11) is 3.14. The molecule has 0 aliphatic rings. The van der Waals surface area contributed by atoms with Crippen molar-refractivity contribution >= 4 is 7.85 Å². The lowest BCUT2D eigenvalue weighted by atomic mass is 9.87. The summed E-state index contributed by atoms with van der Waals surface area (Å²) in [4.78, 5) is 0. The maximum absolute atomic E-state index is 9.34. The van der Waals surface area contributed by atoms with Crippen LogP contribution < -0.4 is 0 Å². The Morgan fingerprint density at radius 1 is 1.82 bits per heavy atom. The second-order valence-corrected chi connectivity index (χ2v) is 2.32. The lowest BCUT2D eigenvalue weighted by Gasteiger charge is -2.29. The topological polar surface area (TPSA) is 49.7 Å². The molecule has 62 valence electrons. The minimum absolute atomic E-state index is 0.366. The van der Waals surface area contributed by atoms with E-state index >= 15 is 0 Å². The molecule has 0 unspecified atom stereocenters. The Morgan fingerprint density at radius 3 is 2.45 bits per heavy atom. The third-order valence-corrected chi connectivity index (χ3v) is 1.77. The van der Waals surface area contributed by atoms with Crippen molar-refractivity contribution in [2.45, 2.75) is 18.0 Å². The van der Waals surface area contributed by atoms with Crippen molar-refractivity contribution in [3.05, 3.63) is 0 Å². The lowest BCUT2D eigenvalue weighted by molar-refractivity contribution is -0.0821. The number of methoxy groups -OCH3 is 1. The Bertz CT molecular complexity index is 148. The molecule has 3 nitrogen and oxygen atoms in total. The minimum Gasteiger partial charge on any atom is -0.392 e. The highest BCUT2D eigenvalue weighted by Gasteiger charge is 2.34. The van der Waals surface area contributed by atoms with Crippen molar-refractivity contribution in [3.63, 3.8) is 0 Å². The average Bonchev–Trinajstić information content (AvgIpc) is 2.08. The van der Waals surface area contributed by atoms with E-state index in [0.29, 0.717) is 6.32 Å². The molecular formula is C7H13BO3. The van der Waals surface area contributed by atoms with Crippen LogP contribution in [0.15, 0.2) is 0 Å². The predicted molar refractivity (Wildman–Crippen MR) is 45.0 cm³/mol. The van der Waals surface area contributed by atoms with Crippen molar-refractivity contribution in [2.24, 2.45) is 0 Å². The van der Waals surface area contributed by atoms with Crippen LogP contribution in [-0.2, 0) is 4.74 Å². The molecule has 0 saturated carbocycles. The molecule has 0 spiro atoms. The van der Waals surface area contributed by atoms with Gasteiger partial charge in [0.2, 0.25) is 0 Å². The molecule has 0 amide bonds. The first-order valence-corrected chi connectivity index (χ1v) is 3.48. The van der Waals surface area contributed by atoms with Gasteiger partial charge in [0.05, 0.1) is 12.7 Å². The molecule has 0 aliphatic heterocycles. The van der Waals surface area contributed by atoms with Crippen molar-refractivity contribution in [3.8, 4) is 12.3 Å². The number of hydrogen-bond acceptors (Lipinski definition) is 3. The van der Waals surface area contributed by atoms with Gasteiger partial charge in [-0.2, -0.15) is 0 Å². The van der Waals surface area contributed by atoms with Gasteiger partial charge in [-0.25, -0.2) is 0 Å². The smallest absolute Gasteiger partial charge is 0.175 e. The van der Waals surface area contributed by atoms with Gasteiger partial charge in [0.25, 0.3) is 0 Å². The number of terminal acetylenes is 1. The highest BCUT2D eigenvalue weighted by molar-refractivity contribution is 6.09. The predicted octanol–water partition coefficient (Wildman–Crippen LogP) is -1.59. The van der Waals surface area contributed by atoms with Crippen molar-refractivity contribution in [2.75, 3.05) is 13.7 Å². The Labute approximate surface area is 67.8 Å². The summed E-state index contributed by atoms with van der Waals surface area (Å²) in [5, 5.41) is 18.2. The molecule has 0 aliphatic carbocycles. The molecule has 0 heterocycles. The Balaban J connectivity index is 4.43. The molecule has 4 heteroatoms. The summed E-state index contributed by atoms with van der Waals surface area (Å²) in [6.07, 6.45) is 4.75. The maximum atomic E-state index is 9.34. The summed E-state index contributed by atoms with van der Waals surface area (Å²) in [6.45, 7) is -0.366. The second-order valence-electron chi connectivity index (χ2n) is 2.32. The van der Waals surface area contributed by atoms with Crippen LogP contribution in [0.1, 0.15) is 0 Å². The van der Waals surface area contributed by atoms with E-state index in [-0.39, 0.29) is 6.61 Å². The van der Waals surface area contributed by atoms with Crippen LogP contribution in [0.4, 0.5) is 0 Å². The maximum Gasteiger partial charge on any atom is 0.175 e. The molecule has 0 aromatic carbocycles. The van der Waals surface area contributed by atoms with Gasteiger partial charge < -0.3 is 14.9 Å². The fraction of sp³-hybridized carbons (Fsp3) is 0.714. The van der Waals surface area contributed by atoms with Crippen LogP contribution in [0.3, 0.4) is 0 Å². The van der Waals surface area contributed by atoms with Gasteiger partial charge in [-0.3, -0.25) is 0 Å². The average molecular weight is 156 g/mol. The van der Waals surface area contributed by atoms with Crippen molar-refractivity contribution < 1.29 is 14.9 Å². The van der Waals surface area contributed by atoms with Gasteiger partial charge in [-0.1, -0.05) is 12.2 Å². The Hall–Kier alpha value is -0.495. The second kappa shape index (κ2) is 4.40. The van der Waals surface area contributed by atoms with Crippen molar-refractivity contribution in [1.29, 1.82) is 0 Å². The molecule has 11 heavy (non-hydrogen) atoms. The normalized spacial score (nSPS) is 18.4. The zero-order valence-corrected chi connectivity index (χ0v) is 6.87. The van der Waals surface area contributed by atoms with E-state index < -0.39 is 11.7 Å². The molecule has 0 aromatic rings. The quantitative estimate of drug-likeness (QED) is 0.381. The van der Waals surface area contributed by atoms with Crippen LogP contribution in [0, 0.1) is 12.3 Å². The summed E-state index contributed by atoms with van der Waals surface area (Å²) in [6, 6.07) is 0. The van der Waals surface area contributed by atoms with Crippen LogP contribution in [0.25, 0.3) is 0 Å². The zero-order valence-electron chi connectivity index (χ0n) is 6.87. The highest BCUT2D eigenvalue weighted by Crippen LogP contribution is 2.15. The summed E-state index contributed by atoms with van der Waals surface area (Å²) in [5.74, 6) is 2.24. The number of hydrogen-bond donors (Lipinski definition) is 2. The molecule has 0 saturated heterocycles. The number of aliphatic hydroxyl groups is 2. The summed E-state index contributed by atoms with van der Waals surface area (Å²) in [5.41, 5.74) is -1.23. The highest BCUT2D eigenvalue weighted by atomic mass is 16.5. The number of ether oxygens (including phenoxy) is 1. The molecule has 2 atom stereocenters. The van der Waals surface area contributed by atoms with E-state index in [1.807, 2.05) is 0 Å². The zero-order chi connectivity index (χ0) is 8.91. The van der Waals surface area contributed by atoms with E-state index in [0.717, 1.165) is 0 Å².